The second-order valence-corrected chi connectivity index (χ2v) is 10.7. The van der Waals surface area contributed by atoms with E-state index in [-0.39, 0.29) is 18.0 Å². The lowest BCUT2D eigenvalue weighted by Crippen LogP contribution is -2.58. The largest absolute Gasteiger partial charge is 0.416 e. The van der Waals surface area contributed by atoms with Crippen LogP contribution in [0.1, 0.15) is 53.7 Å². The summed E-state index contributed by atoms with van der Waals surface area (Å²) in [5.41, 5.74) is -1.42. The van der Waals surface area contributed by atoms with Crippen LogP contribution in [0.15, 0.2) is 61.1 Å². The monoisotopic (exact) mass is 568 g/mol. The number of rotatable bonds is 7. The van der Waals surface area contributed by atoms with Crippen LogP contribution in [0.4, 0.5) is 13.2 Å². The number of pyridine rings is 1. The summed E-state index contributed by atoms with van der Waals surface area (Å²) in [5.74, 6) is -0.544. The van der Waals surface area contributed by atoms with Crippen molar-refractivity contribution in [2.24, 2.45) is 5.92 Å². The van der Waals surface area contributed by atoms with Gasteiger partial charge in [0.25, 0.3) is 5.91 Å². The van der Waals surface area contributed by atoms with Crippen molar-refractivity contribution in [1.82, 2.24) is 30.9 Å². The molecule has 1 saturated heterocycles. The van der Waals surface area contributed by atoms with Crippen molar-refractivity contribution in [3.05, 3.63) is 77.9 Å². The number of nitrogens with one attached hydrogen (secondary N) is 3. The fourth-order valence-electron chi connectivity index (χ4n) is 5.84. The normalized spacial score (nSPS) is 24.5. The maximum Gasteiger partial charge on any atom is 0.416 e. The molecule has 3 heterocycles. The lowest BCUT2D eigenvalue weighted by atomic mass is 9.68. The van der Waals surface area contributed by atoms with Gasteiger partial charge in [0.2, 0.25) is 5.91 Å². The molecule has 216 valence electrons. The first kappa shape index (κ1) is 28.6. The smallest absolute Gasteiger partial charge is 0.384 e. The SMILES string of the molecule is O=C(CNC(=O)c1cccc(C(F)(F)F)c1)N[C@@]1(C2CCC(O)(c3ccc(-c4ncccn4)cn3)CC2)CCNC1. The number of amides is 2. The van der Waals surface area contributed by atoms with Crippen molar-refractivity contribution >= 4 is 11.8 Å². The molecular weight excluding hydrogens is 537 g/mol. The van der Waals surface area contributed by atoms with Crippen LogP contribution in [0.5, 0.6) is 0 Å². The molecule has 0 spiro atoms. The Hall–Kier alpha value is -3.90. The Morgan fingerprint density at radius 2 is 1.78 bits per heavy atom. The van der Waals surface area contributed by atoms with E-state index in [9.17, 15) is 27.9 Å². The molecule has 2 aromatic heterocycles. The number of hydrogen-bond donors (Lipinski definition) is 4. The minimum atomic E-state index is -4.57. The Bertz CT molecular complexity index is 1370. The zero-order chi connectivity index (χ0) is 29.1. The molecule has 5 rings (SSSR count). The van der Waals surface area contributed by atoms with Gasteiger partial charge < -0.3 is 21.1 Å². The first-order valence-corrected chi connectivity index (χ1v) is 13.5. The summed E-state index contributed by atoms with van der Waals surface area (Å²) >= 11 is 0. The zero-order valence-electron chi connectivity index (χ0n) is 22.2. The number of nitrogens with zero attached hydrogens (tertiary/aromatic N) is 3. The van der Waals surface area contributed by atoms with Gasteiger partial charge in [0.1, 0.15) is 5.60 Å². The highest BCUT2D eigenvalue weighted by molar-refractivity contribution is 5.96. The topological polar surface area (TPSA) is 129 Å². The van der Waals surface area contributed by atoms with E-state index in [1.807, 2.05) is 6.07 Å². The summed E-state index contributed by atoms with van der Waals surface area (Å²) in [5, 5.41) is 20.3. The molecule has 1 aliphatic carbocycles. The van der Waals surface area contributed by atoms with Gasteiger partial charge in [-0.05, 0) is 81.0 Å². The second kappa shape index (κ2) is 11.5. The van der Waals surface area contributed by atoms with Crippen molar-refractivity contribution in [3.8, 4) is 11.4 Å². The molecule has 0 unspecified atom stereocenters. The molecule has 1 aliphatic heterocycles. The Kier molecular flexibility index (Phi) is 8.05. The summed E-state index contributed by atoms with van der Waals surface area (Å²) in [6, 6.07) is 9.45. The van der Waals surface area contributed by atoms with Crippen LogP contribution in [0.25, 0.3) is 11.4 Å². The average molecular weight is 569 g/mol. The van der Waals surface area contributed by atoms with E-state index >= 15 is 0 Å². The average Bonchev–Trinajstić information content (AvgIpc) is 3.46. The van der Waals surface area contributed by atoms with E-state index in [0.29, 0.717) is 56.7 Å². The van der Waals surface area contributed by atoms with Gasteiger partial charge in [0, 0.05) is 36.3 Å². The summed E-state index contributed by atoms with van der Waals surface area (Å²) in [6.07, 6.45) is 3.33. The van der Waals surface area contributed by atoms with Crippen LogP contribution in [-0.4, -0.2) is 57.0 Å². The third-order valence-corrected chi connectivity index (χ3v) is 8.10. The van der Waals surface area contributed by atoms with Gasteiger partial charge >= 0.3 is 6.18 Å². The fourth-order valence-corrected chi connectivity index (χ4v) is 5.84. The number of aliphatic hydroxyl groups is 1. The Balaban J connectivity index is 1.19. The Morgan fingerprint density at radius 1 is 1.02 bits per heavy atom. The molecule has 1 atom stereocenters. The summed E-state index contributed by atoms with van der Waals surface area (Å²) in [4.78, 5) is 38.3. The van der Waals surface area contributed by atoms with Crippen LogP contribution in [0.2, 0.25) is 0 Å². The maximum atomic E-state index is 13.0. The standard InChI is InChI=1S/C29H31F3N6O3/c30-29(31,32)22-4-1-3-19(15-22)26(40)37-17-24(39)38-27(11-14-33-18-27)21-7-9-28(41,10-8-21)23-6-5-20(16-36-23)25-34-12-2-13-35-25/h1-6,12-13,15-16,21,33,41H,7-11,14,17-18H2,(H,37,40)(H,38,39)/t21?,27-,28?/m0/s1. The van der Waals surface area contributed by atoms with Crippen LogP contribution >= 0.6 is 0 Å². The van der Waals surface area contributed by atoms with Gasteiger partial charge in [-0.25, -0.2) is 9.97 Å². The highest BCUT2D eigenvalue weighted by Gasteiger charge is 2.47. The molecule has 0 radical (unpaired) electrons. The summed E-state index contributed by atoms with van der Waals surface area (Å²) < 4.78 is 39.0. The van der Waals surface area contributed by atoms with Crippen molar-refractivity contribution < 1.29 is 27.9 Å². The second-order valence-electron chi connectivity index (χ2n) is 10.7. The number of halogens is 3. The van der Waals surface area contributed by atoms with Gasteiger partial charge in [0.05, 0.1) is 23.3 Å². The number of carbonyl (C=O) groups excluding carboxylic acids is 2. The van der Waals surface area contributed by atoms with Crippen LogP contribution < -0.4 is 16.0 Å². The molecule has 4 N–H and O–H groups in total. The minimum Gasteiger partial charge on any atom is -0.384 e. The highest BCUT2D eigenvalue weighted by Crippen LogP contribution is 2.44. The molecule has 3 aromatic rings. The number of carbonyl (C=O) groups is 2. The van der Waals surface area contributed by atoms with Crippen LogP contribution in [0.3, 0.4) is 0 Å². The lowest BCUT2D eigenvalue weighted by molar-refractivity contribution is -0.137. The first-order valence-electron chi connectivity index (χ1n) is 13.5. The summed E-state index contributed by atoms with van der Waals surface area (Å²) in [6.45, 7) is 0.893. The van der Waals surface area contributed by atoms with Crippen molar-refractivity contribution in [1.29, 1.82) is 0 Å². The van der Waals surface area contributed by atoms with E-state index in [0.717, 1.165) is 23.8 Å². The number of benzene rings is 1. The zero-order valence-corrected chi connectivity index (χ0v) is 22.2. The number of alkyl halides is 3. The molecule has 1 saturated carbocycles. The third kappa shape index (κ3) is 6.38. The Morgan fingerprint density at radius 3 is 2.41 bits per heavy atom. The van der Waals surface area contributed by atoms with E-state index in [1.54, 1.807) is 30.7 Å². The molecule has 9 nitrogen and oxygen atoms in total. The van der Waals surface area contributed by atoms with E-state index in [2.05, 4.69) is 30.9 Å². The van der Waals surface area contributed by atoms with Crippen LogP contribution in [0, 0.1) is 5.92 Å². The van der Waals surface area contributed by atoms with E-state index in [4.69, 9.17) is 0 Å². The lowest BCUT2D eigenvalue weighted by Gasteiger charge is -2.44. The predicted octanol–water partition coefficient (Wildman–Crippen LogP) is 3.21. The first-order chi connectivity index (χ1) is 19.6. The van der Waals surface area contributed by atoms with Gasteiger partial charge in [0.15, 0.2) is 5.82 Å². The molecular formula is C29H31F3N6O3. The Labute approximate surface area is 235 Å². The molecule has 0 bridgehead atoms. The number of hydrogen-bond acceptors (Lipinski definition) is 7. The van der Waals surface area contributed by atoms with Gasteiger partial charge in [-0.3, -0.25) is 14.6 Å². The fraction of sp³-hybridized carbons (Fsp3) is 0.414. The van der Waals surface area contributed by atoms with E-state index < -0.39 is 34.7 Å². The molecule has 2 aliphatic rings. The van der Waals surface area contributed by atoms with Gasteiger partial charge in [-0.2, -0.15) is 13.2 Å². The minimum absolute atomic E-state index is 0.0814. The van der Waals surface area contributed by atoms with Gasteiger partial charge in [-0.15, -0.1) is 0 Å². The summed E-state index contributed by atoms with van der Waals surface area (Å²) in [7, 11) is 0. The van der Waals surface area contributed by atoms with Crippen LogP contribution in [-0.2, 0) is 16.6 Å². The molecule has 2 fully saturated rings. The number of aromatic nitrogens is 3. The molecule has 41 heavy (non-hydrogen) atoms. The van der Waals surface area contributed by atoms with Crippen molar-refractivity contribution in [3.63, 3.8) is 0 Å². The molecule has 1 aromatic carbocycles. The molecule has 12 heteroatoms. The third-order valence-electron chi connectivity index (χ3n) is 8.10. The predicted molar refractivity (Wildman–Crippen MR) is 143 cm³/mol. The van der Waals surface area contributed by atoms with Crippen molar-refractivity contribution in [2.75, 3.05) is 19.6 Å². The van der Waals surface area contributed by atoms with Crippen molar-refractivity contribution in [2.45, 2.75) is 49.4 Å². The molecule has 2 amide bonds. The quantitative estimate of drug-likeness (QED) is 0.345. The maximum absolute atomic E-state index is 13.0. The van der Waals surface area contributed by atoms with E-state index in [1.165, 1.54) is 6.07 Å². The van der Waals surface area contributed by atoms with Gasteiger partial charge in [-0.1, -0.05) is 6.07 Å². The highest BCUT2D eigenvalue weighted by atomic mass is 19.4.